The van der Waals surface area contributed by atoms with Gasteiger partial charge in [0, 0.05) is 19.1 Å². The molecule has 2 rings (SSSR count). The number of benzene rings is 1. The van der Waals surface area contributed by atoms with Gasteiger partial charge < -0.3 is 9.47 Å². The third-order valence-corrected chi connectivity index (χ3v) is 3.56. The molecule has 1 aliphatic rings. The number of hydrogen-bond donors (Lipinski definition) is 0. The summed E-state index contributed by atoms with van der Waals surface area (Å²) in [6, 6.07) is 8.48. The van der Waals surface area contributed by atoms with Crippen LogP contribution in [0.1, 0.15) is 18.1 Å². The van der Waals surface area contributed by atoms with Crippen molar-refractivity contribution < 1.29 is 14.3 Å². The Labute approximate surface area is 114 Å². The zero-order valence-corrected chi connectivity index (χ0v) is 11.6. The first-order valence-electron chi connectivity index (χ1n) is 6.66. The molecular formula is C15H21NO3. The van der Waals surface area contributed by atoms with Crippen molar-refractivity contribution in [3.8, 4) is 0 Å². The van der Waals surface area contributed by atoms with Gasteiger partial charge in [-0.2, -0.15) is 0 Å². The average molecular weight is 263 g/mol. The van der Waals surface area contributed by atoms with Gasteiger partial charge in [-0.1, -0.05) is 24.3 Å². The van der Waals surface area contributed by atoms with E-state index in [1.165, 1.54) is 12.7 Å². The highest BCUT2D eigenvalue weighted by Crippen LogP contribution is 2.16. The molecule has 1 heterocycles. The zero-order valence-electron chi connectivity index (χ0n) is 11.6. The molecule has 0 spiro atoms. The first-order valence-corrected chi connectivity index (χ1v) is 6.66. The summed E-state index contributed by atoms with van der Waals surface area (Å²) < 4.78 is 10.2. The Balaban J connectivity index is 2.08. The first-order chi connectivity index (χ1) is 9.20. The van der Waals surface area contributed by atoms with Gasteiger partial charge in [-0.15, -0.1) is 0 Å². The fourth-order valence-electron chi connectivity index (χ4n) is 2.33. The first kappa shape index (κ1) is 14.0. The van der Waals surface area contributed by atoms with Crippen LogP contribution in [0.4, 0.5) is 0 Å². The van der Waals surface area contributed by atoms with Gasteiger partial charge in [0.15, 0.2) is 0 Å². The second kappa shape index (κ2) is 6.68. The third-order valence-electron chi connectivity index (χ3n) is 3.56. The zero-order chi connectivity index (χ0) is 13.7. The SMILES string of the molecule is COC(=O)Cc1ccccc1CN1CCOCC1C. The van der Waals surface area contributed by atoms with Crippen LogP contribution in [0, 0.1) is 0 Å². The van der Waals surface area contributed by atoms with Crippen molar-refractivity contribution in [3.05, 3.63) is 35.4 Å². The van der Waals surface area contributed by atoms with Gasteiger partial charge >= 0.3 is 5.97 Å². The van der Waals surface area contributed by atoms with E-state index in [1.807, 2.05) is 18.2 Å². The fourth-order valence-corrected chi connectivity index (χ4v) is 2.33. The van der Waals surface area contributed by atoms with Crippen molar-refractivity contribution in [1.29, 1.82) is 0 Å². The number of ether oxygens (including phenoxy) is 2. The van der Waals surface area contributed by atoms with Gasteiger partial charge in [0.2, 0.25) is 0 Å². The monoisotopic (exact) mass is 263 g/mol. The van der Waals surface area contributed by atoms with E-state index in [9.17, 15) is 4.79 Å². The van der Waals surface area contributed by atoms with Crippen molar-refractivity contribution in [1.82, 2.24) is 4.90 Å². The second-order valence-corrected chi connectivity index (χ2v) is 4.92. The molecule has 4 nitrogen and oxygen atoms in total. The molecule has 0 saturated carbocycles. The Morgan fingerprint density at radius 3 is 2.84 bits per heavy atom. The highest BCUT2D eigenvalue weighted by atomic mass is 16.5. The van der Waals surface area contributed by atoms with E-state index in [-0.39, 0.29) is 5.97 Å². The van der Waals surface area contributed by atoms with Gasteiger partial charge in [0.25, 0.3) is 0 Å². The number of methoxy groups -OCH3 is 1. The van der Waals surface area contributed by atoms with Crippen LogP contribution in [0.3, 0.4) is 0 Å². The van der Waals surface area contributed by atoms with Gasteiger partial charge in [-0.05, 0) is 18.1 Å². The summed E-state index contributed by atoms with van der Waals surface area (Å²) in [5.41, 5.74) is 2.25. The van der Waals surface area contributed by atoms with Gasteiger partial charge in [0.1, 0.15) is 0 Å². The molecule has 19 heavy (non-hydrogen) atoms. The minimum Gasteiger partial charge on any atom is -0.469 e. The maximum absolute atomic E-state index is 11.4. The van der Waals surface area contributed by atoms with E-state index < -0.39 is 0 Å². The maximum atomic E-state index is 11.4. The van der Waals surface area contributed by atoms with E-state index in [0.717, 1.165) is 31.9 Å². The molecule has 0 aromatic heterocycles. The summed E-state index contributed by atoms with van der Waals surface area (Å²) in [7, 11) is 1.43. The number of nitrogens with zero attached hydrogens (tertiary/aromatic N) is 1. The van der Waals surface area contributed by atoms with E-state index in [0.29, 0.717) is 12.5 Å². The van der Waals surface area contributed by atoms with E-state index in [2.05, 4.69) is 17.9 Å². The van der Waals surface area contributed by atoms with Gasteiger partial charge in [-0.25, -0.2) is 0 Å². The number of morpholine rings is 1. The summed E-state index contributed by atoms with van der Waals surface area (Å²) in [6.07, 6.45) is 0.339. The number of esters is 1. The molecule has 1 fully saturated rings. The van der Waals surface area contributed by atoms with Crippen molar-refractivity contribution in [2.45, 2.75) is 25.9 Å². The molecule has 0 amide bonds. The predicted molar refractivity (Wildman–Crippen MR) is 72.9 cm³/mol. The summed E-state index contributed by atoms with van der Waals surface area (Å²) in [5, 5.41) is 0. The Hall–Kier alpha value is -1.39. The van der Waals surface area contributed by atoms with Crippen LogP contribution in [0.15, 0.2) is 24.3 Å². The minimum atomic E-state index is -0.192. The van der Waals surface area contributed by atoms with Crippen LogP contribution >= 0.6 is 0 Å². The van der Waals surface area contributed by atoms with E-state index >= 15 is 0 Å². The number of carbonyl (C=O) groups excluding carboxylic acids is 1. The maximum Gasteiger partial charge on any atom is 0.309 e. The Morgan fingerprint density at radius 2 is 2.16 bits per heavy atom. The molecule has 0 radical (unpaired) electrons. The lowest BCUT2D eigenvalue weighted by molar-refractivity contribution is -0.139. The summed E-state index contributed by atoms with van der Waals surface area (Å²) in [4.78, 5) is 13.8. The Morgan fingerprint density at radius 1 is 1.42 bits per heavy atom. The summed E-state index contributed by atoms with van der Waals surface area (Å²) >= 11 is 0. The average Bonchev–Trinajstić information content (AvgIpc) is 2.43. The quantitative estimate of drug-likeness (QED) is 0.774. The summed E-state index contributed by atoms with van der Waals surface area (Å²) in [5.74, 6) is -0.192. The van der Waals surface area contributed by atoms with E-state index in [4.69, 9.17) is 9.47 Å². The van der Waals surface area contributed by atoms with Crippen LogP contribution in [-0.2, 0) is 27.2 Å². The highest BCUT2D eigenvalue weighted by molar-refractivity contribution is 5.72. The van der Waals surface area contributed by atoms with Gasteiger partial charge in [0.05, 0.1) is 26.7 Å². The molecule has 0 bridgehead atoms. The molecule has 0 aliphatic carbocycles. The molecule has 104 valence electrons. The second-order valence-electron chi connectivity index (χ2n) is 4.92. The van der Waals surface area contributed by atoms with Crippen molar-refractivity contribution >= 4 is 5.97 Å². The predicted octanol–water partition coefficient (Wildman–Crippen LogP) is 1.62. The lowest BCUT2D eigenvalue weighted by Crippen LogP contribution is -2.43. The smallest absolute Gasteiger partial charge is 0.309 e. The van der Waals surface area contributed by atoms with Crippen LogP contribution in [0.2, 0.25) is 0 Å². The molecule has 1 aromatic rings. The lowest BCUT2D eigenvalue weighted by atomic mass is 10.0. The molecule has 4 heteroatoms. The number of hydrogen-bond acceptors (Lipinski definition) is 4. The van der Waals surface area contributed by atoms with Crippen molar-refractivity contribution in [3.63, 3.8) is 0 Å². The molecular weight excluding hydrogens is 242 g/mol. The van der Waals surface area contributed by atoms with E-state index in [1.54, 1.807) is 0 Å². The molecule has 1 aliphatic heterocycles. The molecule has 1 unspecified atom stereocenters. The normalized spacial score (nSPS) is 20.2. The number of carbonyl (C=O) groups is 1. The van der Waals surface area contributed by atoms with Crippen molar-refractivity contribution in [2.75, 3.05) is 26.9 Å². The Kier molecular flexibility index (Phi) is 4.93. The minimum absolute atomic E-state index is 0.192. The van der Waals surface area contributed by atoms with Crippen LogP contribution < -0.4 is 0 Å². The van der Waals surface area contributed by atoms with Crippen LogP contribution in [-0.4, -0.2) is 43.8 Å². The topological polar surface area (TPSA) is 38.8 Å². The number of rotatable bonds is 4. The lowest BCUT2D eigenvalue weighted by Gasteiger charge is -2.33. The molecule has 0 N–H and O–H groups in total. The summed E-state index contributed by atoms with van der Waals surface area (Å²) in [6.45, 7) is 5.52. The molecule has 1 saturated heterocycles. The molecule has 1 aromatic carbocycles. The van der Waals surface area contributed by atoms with Crippen LogP contribution in [0.5, 0.6) is 0 Å². The largest absolute Gasteiger partial charge is 0.469 e. The third kappa shape index (κ3) is 3.78. The Bertz CT molecular complexity index is 433. The highest BCUT2D eigenvalue weighted by Gasteiger charge is 2.20. The van der Waals surface area contributed by atoms with Crippen molar-refractivity contribution in [2.24, 2.45) is 0 Å². The molecule has 1 atom stereocenters. The van der Waals surface area contributed by atoms with Crippen LogP contribution in [0.25, 0.3) is 0 Å². The fraction of sp³-hybridized carbons (Fsp3) is 0.533. The standard InChI is InChI=1S/C15H21NO3/c1-12-11-19-8-7-16(12)10-14-6-4-3-5-13(14)9-15(17)18-2/h3-6,12H,7-11H2,1-2H3. The van der Waals surface area contributed by atoms with Gasteiger partial charge in [-0.3, -0.25) is 9.69 Å².